The molecule has 0 bridgehead atoms. The summed E-state index contributed by atoms with van der Waals surface area (Å²) in [4.78, 5) is 14.4. The van der Waals surface area contributed by atoms with E-state index in [-0.39, 0.29) is 4.90 Å². The molecule has 1 aliphatic rings. The van der Waals surface area contributed by atoms with Gasteiger partial charge in [-0.1, -0.05) is 18.2 Å². The minimum absolute atomic E-state index is 0.207. The number of para-hydroxylation sites is 1. The fourth-order valence-electron chi connectivity index (χ4n) is 2.76. The maximum atomic E-state index is 12.8. The summed E-state index contributed by atoms with van der Waals surface area (Å²) in [7, 11) is -3.84. The number of fused-ring (bicyclic) bond motifs is 1. The highest BCUT2D eigenvalue weighted by molar-refractivity contribution is 7.92. The first-order valence-electron chi connectivity index (χ1n) is 6.80. The summed E-state index contributed by atoms with van der Waals surface area (Å²) in [6.45, 7) is 2.29. The van der Waals surface area contributed by atoms with Crippen molar-refractivity contribution >= 4 is 15.7 Å². The van der Waals surface area contributed by atoms with Crippen molar-refractivity contribution in [1.82, 2.24) is 4.98 Å². The molecule has 6 heteroatoms. The van der Waals surface area contributed by atoms with Gasteiger partial charge < -0.3 is 4.98 Å². The quantitative estimate of drug-likeness (QED) is 0.920. The number of H-pyrrole nitrogens is 1. The van der Waals surface area contributed by atoms with Crippen molar-refractivity contribution in [3.63, 3.8) is 0 Å². The van der Waals surface area contributed by atoms with Crippen molar-refractivity contribution in [1.29, 1.82) is 0 Å². The van der Waals surface area contributed by atoms with Gasteiger partial charge in [0, 0.05) is 25.0 Å². The Kier molecular flexibility index (Phi) is 3.33. The molecule has 2 heterocycles. The molecule has 1 N–H and O–H groups in total. The smallest absolute Gasteiger partial charge is 0.269 e. The number of pyridine rings is 1. The molecule has 0 spiro atoms. The molecule has 21 heavy (non-hydrogen) atoms. The molecule has 1 aliphatic heterocycles. The number of benzene rings is 1. The zero-order valence-electron chi connectivity index (χ0n) is 11.7. The highest BCUT2D eigenvalue weighted by Crippen LogP contribution is 2.33. The Hall–Kier alpha value is -2.08. The largest absolute Gasteiger partial charge is 0.366 e. The second kappa shape index (κ2) is 5.04. The van der Waals surface area contributed by atoms with Crippen LogP contribution in [0.5, 0.6) is 0 Å². The third-order valence-electron chi connectivity index (χ3n) is 3.73. The standard InChI is InChI=1S/C15H16N2O3S/c1-11-4-2-5-12-6-3-9-17(15(11)12)21(19,20)14-10-16-8-7-13(14)18/h2,4-5,7-8,10H,3,6,9H2,1H3,(H,16,18). The number of hydrogen-bond donors (Lipinski definition) is 1. The molecule has 1 aromatic carbocycles. The van der Waals surface area contributed by atoms with E-state index in [1.165, 1.54) is 22.8 Å². The van der Waals surface area contributed by atoms with Gasteiger partial charge in [-0.2, -0.15) is 0 Å². The van der Waals surface area contributed by atoms with Crippen molar-refractivity contribution in [2.45, 2.75) is 24.7 Å². The summed E-state index contributed by atoms with van der Waals surface area (Å²) in [5.74, 6) is 0. The highest BCUT2D eigenvalue weighted by Gasteiger charge is 2.31. The Labute approximate surface area is 123 Å². The summed E-state index contributed by atoms with van der Waals surface area (Å²) in [6, 6.07) is 7.00. The number of aromatic nitrogens is 1. The molecule has 0 radical (unpaired) electrons. The van der Waals surface area contributed by atoms with Gasteiger partial charge in [0.1, 0.15) is 0 Å². The zero-order valence-corrected chi connectivity index (χ0v) is 12.5. The van der Waals surface area contributed by atoms with Crippen LogP contribution in [0.3, 0.4) is 0 Å². The van der Waals surface area contributed by atoms with Crippen LogP contribution in [-0.2, 0) is 16.4 Å². The molecule has 5 nitrogen and oxygen atoms in total. The van der Waals surface area contributed by atoms with E-state index in [1.54, 1.807) is 0 Å². The molecular weight excluding hydrogens is 288 g/mol. The van der Waals surface area contributed by atoms with Crippen molar-refractivity contribution in [3.8, 4) is 0 Å². The topological polar surface area (TPSA) is 70.2 Å². The van der Waals surface area contributed by atoms with Gasteiger partial charge in [-0.05, 0) is 30.9 Å². The van der Waals surface area contributed by atoms with Crippen LogP contribution in [0.15, 0.2) is 46.3 Å². The zero-order chi connectivity index (χ0) is 15.0. The molecule has 0 saturated carbocycles. The van der Waals surface area contributed by atoms with Gasteiger partial charge in [0.2, 0.25) is 5.43 Å². The van der Waals surface area contributed by atoms with Crippen LogP contribution in [0, 0.1) is 6.92 Å². The fourth-order valence-corrected chi connectivity index (χ4v) is 4.41. The number of aromatic amines is 1. The van der Waals surface area contributed by atoms with E-state index < -0.39 is 15.5 Å². The lowest BCUT2D eigenvalue weighted by atomic mass is 10.0. The minimum atomic E-state index is -3.84. The van der Waals surface area contributed by atoms with Crippen molar-refractivity contribution in [2.24, 2.45) is 0 Å². The molecule has 0 aliphatic carbocycles. The molecule has 0 saturated heterocycles. The second-order valence-corrected chi connectivity index (χ2v) is 6.97. The van der Waals surface area contributed by atoms with E-state index >= 15 is 0 Å². The predicted molar refractivity (Wildman–Crippen MR) is 81.1 cm³/mol. The molecule has 3 rings (SSSR count). The number of anilines is 1. The summed E-state index contributed by atoms with van der Waals surface area (Å²) in [5.41, 5.74) is 2.14. The van der Waals surface area contributed by atoms with E-state index in [4.69, 9.17) is 0 Å². The van der Waals surface area contributed by atoms with Gasteiger partial charge in [-0.25, -0.2) is 8.42 Å². The van der Waals surface area contributed by atoms with Gasteiger partial charge in [0.05, 0.1) is 5.69 Å². The van der Waals surface area contributed by atoms with E-state index in [0.717, 1.165) is 24.0 Å². The molecule has 0 atom stereocenters. The van der Waals surface area contributed by atoms with Crippen LogP contribution < -0.4 is 9.73 Å². The van der Waals surface area contributed by atoms with E-state index in [2.05, 4.69) is 4.98 Å². The first-order chi connectivity index (χ1) is 10.0. The number of sulfonamides is 1. The Morgan fingerprint density at radius 1 is 1.24 bits per heavy atom. The lowest BCUT2D eigenvalue weighted by Gasteiger charge is -2.31. The van der Waals surface area contributed by atoms with Crippen molar-refractivity contribution in [3.05, 3.63) is 58.0 Å². The van der Waals surface area contributed by atoms with Crippen molar-refractivity contribution in [2.75, 3.05) is 10.8 Å². The summed E-state index contributed by atoms with van der Waals surface area (Å²) in [6.07, 6.45) is 4.29. The number of hydrogen-bond acceptors (Lipinski definition) is 3. The number of aryl methyl sites for hydroxylation is 2. The maximum absolute atomic E-state index is 12.8. The van der Waals surface area contributed by atoms with Gasteiger partial charge in [-0.15, -0.1) is 0 Å². The van der Waals surface area contributed by atoms with Gasteiger partial charge in [0.15, 0.2) is 4.90 Å². The molecular formula is C15H16N2O3S. The van der Waals surface area contributed by atoms with Crippen LogP contribution in [0.4, 0.5) is 5.69 Å². The van der Waals surface area contributed by atoms with E-state index in [0.29, 0.717) is 12.2 Å². The Morgan fingerprint density at radius 3 is 2.81 bits per heavy atom. The predicted octanol–water partition coefficient (Wildman–Crippen LogP) is 1.82. The van der Waals surface area contributed by atoms with Gasteiger partial charge in [0.25, 0.3) is 10.0 Å². The van der Waals surface area contributed by atoms with E-state index in [9.17, 15) is 13.2 Å². The lowest BCUT2D eigenvalue weighted by Crippen LogP contribution is -2.38. The van der Waals surface area contributed by atoms with Gasteiger partial charge >= 0.3 is 0 Å². The van der Waals surface area contributed by atoms with Crippen LogP contribution in [0.25, 0.3) is 0 Å². The van der Waals surface area contributed by atoms with E-state index in [1.807, 2.05) is 25.1 Å². The van der Waals surface area contributed by atoms with Crippen LogP contribution in [-0.4, -0.2) is 19.9 Å². The monoisotopic (exact) mass is 304 g/mol. The van der Waals surface area contributed by atoms with Crippen LogP contribution >= 0.6 is 0 Å². The lowest BCUT2D eigenvalue weighted by molar-refractivity contribution is 0.585. The number of rotatable bonds is 2. The highest BCUT2D eigenvalue weighted by atomic mass is 32.2. The Balaban J connectivity index is 2.19. The first-order valence-corrected chi connectivity index (χ1v) is 8.24. The van der Waals surface area contributed by atoms with Crippen LogP contribution in [0.2, 0.25) is 0 Å². The fraction of sp³-hybridized carbons (Fsp3) is 0.267. The SMILES string of the molecule is Cc1cccc2c1N(S(=O)(=O)c1c[nH]ccc1=O)CCC2. The first kappa shape index (κ1) is 13.9. The molecule has 2 aromatic rings. The average Bonchev–Trinajstić information content (AvgIpc) is 2.47. The molecule has 0 unspecified atom stereocenters. The Morgan fingerprint density at radius 2 is 2.05 bits per heavy atom. The normalized spacial score (nSPS) is 14.8. The molecule has 1 aromatic heterocycles. The third kappa shape index (κ3) is 2.25. The summed E-state index contributed by atoms with van der Waals surface area (Å²) >= 11 is 0. The summed E-state index contributed by atoms with van der Waals surface area (Å²) in [5, 5.41) is 0. The molecule has 0 fully saturated rings. The minimum Gasteiger partial charge on any atom is -0.366 e. The van der Waals surface area contributed by atoms with Crippen molar-refractivity contribution < 1.29 is 8.42 Å². The number of nitrogens with zero attached hydrogens (tertiary/aromatic N) is 1. The summed E-state index contributed by atoms with van der Waals surface area (Å²) < 4.78 is 27.0. The number of nitrogens with one attached hydrogen (secondary N) is 1. The molecule has 0 amide bonds. The second-order valence-electron chi connectivity index (χ2n) is 5.14. The van der Waals surface area contributed by atoms with Gasteiger partial charge in [-0.3, -0.25) is 9.10 Å². The van der Waals surface area contributed by atoms with Crippen LogP contribution in [0.1, 0.15) is 17.5 Å². The third-order valence-corrected chi connectivity index (χ3v) is 5.55. The molecule has 110 valence electrons. The Bertz CT molecular complexity index is 840. The average molecular weight is 304 g/mol. The maximum Gasteiger partial charge on any atom is 0.269 e.